The molecule has 2 aromatic rings. The molecule has 29 heavy (non-hydrogen) atoms. The third-order valence-electron chi connectivity index (χ3n) is 4.41. The van der Waals surface area contributed by atoms with Crippen LogP contribution in [0.15, 0.2) is 29.8 Å². The second-order valence-electron chi connectivity index (χ2n) is 7.77. The lowest BCUT2D eigenvalue weighted by molar-refractivity contribution is -0.124. The van der Waals surface area contributed by atoms with Crippen LogP contribution in [0.25, 0.3) is 0 Å². The SMILES string of the molecule is CC(C)(C)OC(=O)N1CCCCC1C(=O)N(c1ccc(F)c(F)c1)c1nccs1. The fourth-order valence-corrected chi connectivity index (χ4v) is 3.82. The van der Waals surface area contributed by atoms with Gasteiger partial charge >= 0.3 is 6.09 Å². The van der Waals surface area contributed by atoms with Crippen LogP contribution in [0.1, 0.15) is 40.0 Å². The van der Waals surface area contributed by atoms with E-state index in [-0.39, 0.29) is 5.69 Å². The molecule has 0 N–H and O–H groups in total. The third kappa shape index (κ3) is 4.90. The Hall–Kier alpha value is -2.55. The van der Waals surface area contributed by atoms with Gasteiger partial charge in [0.2, 0.25) is 0 Å². The molecule has 0 bridgehead atoms. The largest absolute Gasteiger partial charge is 0.444 e. The van der Waals surface area contributed by atoms with E-state index in [0.29, 0.717) is 18.1 Å². The van der Waals surface area contributed by atoms with E-state index in [1.54, 1.807) is 26.2 Å². The van der Waals surface area contributed by atoms with Crippen molar-refractivity contribution in [3.8, 4) is 0 Å². The number of carbonyl (C=O) groups excluding carboxylic acids is 2. The average molecular weight is 423 g/mol. The monoisotopic (exact) mass is 423 g/mol. The summed E-state index contributed by atoms with van der Waals surface area (Å²) in [5.41, 5.74) is -0.546. The van der Waals surface area contributed by atoms with Gasteiger partial charge in [0.15, 0.2) is 16.8 Å². The van der Waals surface area contributed by atoms with Crippen molar-refractivity contribution in [2.45, 2.75) is 51.7 Å². The summed E-state index contributed by atoms with van der Waals surface area (Å²) in [6, 6.07) is 2.45. The number of halogens is 2. The van der Waals surface area contributed by atoms with E-state index in [1.807, 2.05) is 0 Å². The highest BCUT2D eigenvalue weighted by molar-refractivity contribution is 7.13. The van der Waals surface area contributed by atoms with Gasteiger partial charge in [0.25, 0.3) is 5.91 Å². The Labute approximate surface area is 172 Å². The number of thiazole rings is 1. The van der Waals surface area contributed by atoms with Crippen LogP contribution in [-0.4, -0.2) is 40.1 Å². The molecular weight excluding hydrogens is 400 g/mol. The molecule has 0 radical (unpaired) electrons. The highest BCUT2D eigenvalue weighted by atomic mass is 32.1. The second-order valence-corrected chi connectivity index (χ2v) is 8.65. The number of hydrogen-bond acceptors (Lipinski definition) is 5. The van der Waals surface area contributed by atoms with Crippen molar-refractivity contribution in [2.75, 3.05) is 11.4 Å². The molecule has 1 aliphatic heterocycles. The maximum atomic E-state index is 13.9. The maximum absolute atomic E-state index is 13.9. The van der Waals surface area contributed by atoms with Gasteiger partial charge in [-0.3, -0.25) is 14.6 Å². The summed E-state index contributed by atoms with van der Waals surface area (Å²) < 4.78 is 32.8. The number of ether oxygens (including phenoxy) is 1. The lowest BCUT2D eigenvalue weighted by Gasteiger charge is -2.37. The van der Waals surface area contributed by atoms with Crippen LogP contribution >= 0.6 is 11.3 Å². The Kier molecular flexibility index (Phi) is 6.16. The van der Waals surface area contributed by atoms with Crippen molar-refractivity contribution in [3.63, 3.8) is 0 Å². The first-order chi connectivity index (χ1) is 13.7. The van der Waals surface area contributed by atoms with E-state index in [0.717, 1.165) is 25.0 Å². The molecule has 0 spiro atoms. The summed E-state index contributed by atoms with van der Waals surface area (Å²) in [5, 5.41) is 2.00. The van der Waals surface area contributed by atoms with E-state index in [9.17, 15) is 18.4 Å². The summed E-state index contributed by atoms with van der Waals surface area (Å²) in [5.74, 6) is -2.51. The van der Waals surface area contributed by atoms with Crippen LogP contribution in [0.3, 0.4) is 0 Å². The molecule has 1 unspecified atom stereocenters. The summed E-state index contributed by atoms with van der Waals surface area (Å²) >= 11 is 1.19. The zero-order valence-electron chi connectivity index (χ0n) is 16.5. The van der Waals surface area contributed by atoms with Crippen LogP contribution in [0, 0.1) is 11.6 Å². The predicted octanol–water partition coefficient (Wildman–Crippen LogP) is 4.88. The normalized spacial score (nSPS) is 17.1. The highest BCUT2D eigenvalue weighted by Crippen LogP contribution is 2.32. The average Bonchev–Trinajstić information content (AvgIpc) is 3.17. The molecule has 3 rings (SSSR count). The quantitative estimate of drug-likeness (QED) is 0.706. The number of piperidine rings is 1. The summed E-state index contributed by atoms with van der Waals surface area (Å²) in [6.45, 7) is 5.66. The lowest BCUT2D eigenvalue weighted by Crippen LogP contribution is -2.53. The van der Waals surface area contributed by atoms with Crippen molar-refractivity contribution in [1.82, 2.24) is 9.88 Å². The Morgan fingerprint density at radius 2 is 2.00 bits per heavy atom. The smallest absolute Gasteiger partial charge is 0.410 e. The van der Waals surface area contributed by atoms with Crippen LogP contribution in [0.5, 0.6) is 0 Å². The summed E-state index contributed by atoms with van der Waals surface area (Å²) in [4.78, 5) is 33.0. The van der Waals surface area contributed by atoms with Crippen LogP contribution in [0.4, 0.5) is 24.4 Å². The molecule has 0 saturated carbocycles. The van der Waals surface area contributed by atoms with Gasteiger partial charge < -0.3 is 4.74 Å². The molecule has 1 saturated heterocycles. The van der Waals surface area contributed by atoms with Gasteiger partial charge in [0.1, 0.15) is 11.6 Å². The number of anilines is 2. The molecule has 1 aromatic heterocycles. The van der Waals surface area contributed by atoms with E-state index >= 15 is 0 Å². The predicted molar refractivity (Wildman–Crippen MR) is 106 cm³/mol. The van der Waals surface area contributed by atoms with Crippen LogP contribution in [-0.2, 0) is 9.53 Å². The Bertz CT molecular complexity index is 884. The molecule has 156 valence electrons. The van der Waals surface area contributed by atoms with Gasteiger partial charge in [-0.15, -0.1) is 11.3 Å². The molecule has 2 heterocycles. The molecule has 2 amide bonds. The highest BCUT2D eigenvalue weighted by Gasteiger charge is 2.38. The number of nitrogens with zero attached hydrogens (tertiary/aromatic N) is 3. The maximum Gasteiger partial charge on any atom is 0.410 e. The number of benzene rings is 1. The first-order valence-corrected chi connectivity index (χ1v) is 10.2. The zero-order chi connectivity index (χ0) is 21.2. The van der Waals surface area contributed by atoms with Crippen molar-refractivity contribution >= 4 is 34.2 Å². The minimum Gasteiger partial charge on any atom is -0.444 e. The van der Waals surface area contributed by atoms with Gasteiger partial charge in [-0.1, -0.05) is 0 Å². The molecule has 1 aromatic carbocycles. The Morgan fingerprint density at radius 1 is 1.24 bits per heavy atom. The topological polar surface area (TPSA) is 62.7 Å². The summed E-state index contributed by atoms with van der Waals surface area (Å²) in [7, 11) is 0. The molecule has 1 fully saturated rings. The second kappa shape index (κ2) is 8.44. The third-order valence-corrected chi connectivity index (χ3v) is 5.16. The lowest BCUT2D eigenvalue weighted by atomic mass is 10.0. The number of carbonyl (C=O) groups is 2. The molecule has 1 aliphatic rings. The number of amides is 2. The first kappa shape index (κ1) is 21.2. The van der Waals surface area contributed by atoms with Gasteiger partial charge in [-0.05, 0) is 52.2 Å². The van der Waals surface area contributed by atoms with Crippen LogP contribution < -0.4 is 4.90 Å². The molecule has 1 atom stereocenters. The first-order valence-electron chi connectivity index (χ1n) is 9.35. The number of aromatic nitrogens is 1. The van der Waals surface area contributed by atoms with Crippen molar-refractivity contribution < 1.29 is 23.1 Å². The van der Waals surface area contributed by atoms with E-state index in [1.165, 1.54) is 33.4 Å². The number of likely N-dealkylation sites (tertiary alicyclic amines) is 1. The van der Waals surface area contributed by atoms with Crippen LogP contribution in [0.2, 0.25) is 0 Å². The van der Waals surface area contributed by atoms with E-state index in [4.69, 9.17) is 4.74 Å². The molecule has 6 nitrogen and oxygen atoms in total. The fraction of sp³-hybridized carbons (Fsp3) is 0.450. The van der Waals surface area contributed by atoms with E-state index in [2.05, 4.69) is 4.98 Å². The zero-order valence-corrected chi connectivity index (χ0v) is 17.3. The van der Waals surface area contributed by atoms with Gasteiger partial charge in [-0.25, -0.2) is 18.6 Å². The number of hydrogen-bond donors (Lipinski definition) is 0. The van der Waals surface area contributed by atoms with Gasteiger partial charge in [-0.2, -0.15) is 0 Å². The minimum absolute atomic E-state index is 0.151. The molecular formula is C20H23F2N3O3S. The molecule has 0 aliphatic carbocycles. The van der Waals surface area contributed by atoms with Gasteiger partial charge in [0, 0.05) is 24.2 Å². The number of rotatable bonds is 3. The minimum atomic E-state index is -1.07. The standard InChI is InChI=1S/C20H23F2N3O3S/c1-20(2,3)28-19(27)24-10-5-4-6-16(24)17(26)25(18-23-9-11-29-18)13-7-8-14(21)15(22)12-13/h7-9,11-12,16H,4-6,10H2,1-3H3. The van der Waals surface area contributed by atoms with Crippen molar-refractivity contribution in [2.24, 2.45) is 0 Å². The summed E-state index contributed by atoms with van der Waals surface area (Å²) in [6.07, 6.45) is 2.92. The fourth-order valence-electron chi connectivity index (χ4n) is 3.16. The van der Waals surface area contributed by atoms with Gasteiger partial charge in [0.05, 0.1) is 5.69 Å². The van der Waals surface area contributed by atoms with Crippen molar-refractivity contribution in [1.29, 1.82) is 0 Å². The molecule has 9 heteroatoms. The van der Waals surface area contributed by atoms with E-state index < -0.39 is 35.3 Å². The Morgan fingerprint density at radius 3 is 2.62 bits per heavy atom. The van der Waals surface area contributed by atoms with Crippen molar-refractivity contribution in [3.05, 3.63) is 41.4 Å². The Balaban J connectivity index is 1.95.